The standard InChI is InChI=1S/C42H26O/c1-2-13-30-27(11-1)12-9-20-33(30)41-36-17-5-3-15-34(36)40(35-16-4-6-18-37(35)41)29-25-23-28(24-26-29)31-19-10-21-38-32-14-7-8-22-39(32)43-42(31)38/h1-26H/i1D,2D,3D,4D,5D,6D,7D,8D,9D,10D,11D,12D,13D,14D,15D,16D,17D,18D,19D,20D,21D,22D,23D,24D,25D,26D. The van der Waals surface area contributed by atoms with Crippen LogP contribution in [0.5, 0.6) is 0 Å². The van der Waals surface area contributed by atoms with Gasteiger partial charge in [-0.3, -0.25) is 0 Å². The Labute approximate surface area is 285 Å². The first-order valence-corrected chi connectivity index (χ1v) is 12.7. The van der Waals surface area contributed by atoms with Crippen LogP contribution in [0.2, 0.25) is 0 Å². The van der Waals surface area contributed by atoms with Crippen molar-refractivity contribution in [3.63, 3.8) is 0 Å². The molecule has 0 saturated heterocycles. The van der Waals surface area contributed by atoms with Gasteiger partial charge in [-0.15, -0.1) is 0 Å². The number of furan rings is 1. The van der Waals surface area contributed by atoms with Crippen molar-refractivity contribution >= 4 is 54.3 Å². The highest BCUT2D eigenvalue weighted by Crippen LogP contribution is 2.45. The number of hydrogen-bond donors (Lipinski definition) is 0. The van der Waals surface area contributed by atoms with Crippen LogP contribution in [-0.2, 0) is 0 Å². The Morgan fingerprint density at radius 3 is 1.56 bits per heavy atom. The molecule has 0 bridgehead atoms. The van der Waals surface area contributed by atoms with Crippen molar-refractivity contribution < 1.29 is 40.1 Å². The van der Waals surface area contributed by atoms with E-state index < -0.39 is 239 Å². The summed E-state index contributed by atoms with van der Waals surface area (Å²) in [4.78, 5) is 0. The first-order valence-electron chi connectivity index (χ1n) is 25.7. The minimum absolute atomic E-state index is 0.377. The van der Waals surface area contributed by atoms with Crippen LogP contribution in [0.25, 0.3) is 87.6 Å². The molecule has 0 unspecified atom stereocenters. The van der Waals surface area contributed by atoms with Crippen LogP contribution in [0.4, 0.5) is 0 Å². The molecule has 9 aromatic rings. The van der Waals surface area contributed by atoms with E-state index in [0.29, 0.717) is 0 Å². The van der Waals surface area contributed by atoms with Crippen LogP contribution in [0.15, 0.2) is 162 Å². The van der Waals surface area contributed by atoms with E-state index in [-0.39, 0.29) is 5.39 Å². The first-order chi connectivity index (χ1) is 32.2. The van der Waals surface area contributed by atoms with E-state index in [1.165, 1.54) is 0 Å². The third-order valence-corrected chi connectivity index (χ3v) is 7.00. The summed E-state index contributed by atoms with van der Waals surface area (Å²) in [5.74, 6) is 0. The molecular formula is C42H26O. The second-order valence-corrected chi connectivity index (χ2v) is 9.26. The maximum atomic E-state index is 9.54. The third-order valence-electron chi connectivity index (χ3n) is 7.00. The molecule has 0 atom stereocenters. The highest BCUT2D eigenvalue weighted by atomic mass is 16.3. The van der Waals surface area contributed by atoms with Gasteiger partial charge in [0.25, 0.3) is 0 Å². The number of hydrogen-bond acceptors (Lipinski definition) is 1. The number of para-hydroxylation sites is 2. The minimum Gasteiger partial charge on any atom is -0.455 e. The van der Waals surface area contributed by atoms with E-state index in [9.17, 15) is 12.3 Å². The lowest BCUT2D eigenvalue weighted by Gasteiger charge is -2.19. The summed E-state index contributed by atoms with van der Waals surface area (Å²) in [6, 6.07) is -23.6. The normalized spacial score (nSPS) is 20.2. The lowest BCUT2D eigenvalue weighted by Crippen LogP contribution is -1.91. The van der Waals surface area contributed by atoms with Crippen LogP contribution in [0.3, 0.4) is 0 Å². The van der Waals surface area contributed by atoms with Crippen molar-refractivity contribution in [3.8, 4) is 33.4 Å². The Morgan fingerprint density at radius 2 is 0.837 bits per heavy atom. The largest absolute Gasteiger partial charge is 0.455 e. The predicted molar refractivity (Wildman–Crippen MR) is 183 cm³/mol. The summed E-state index contributed by atoms with van der Waals surface area (Å²) in [5.41, 5.74) is -5.48. The Kier molecular flexibility index (Phi) is 2.13. The van der Waals surface area contributed by atoms with Crippen molar-refractivity contribution in [3.05, 3.63) is 157 Å². The van der Waals surface area contributed by atoms with Gasteiger partial charge >= 0.3 is 0 Å². The lowest BCUT2D eigenvalue weighted by molar-refractivity contribution is 0.670. The lowest BCUT2D eigenvalue weighted by atomic mass is 9.84. The number of fused-ring (bicyclic) bond motifs is 6. The Morgan fingerprint density at radius 1 is 0.349 bits per heavy atom. The highest BCUT2D eigenvalue weighted by Gasteiger charge is 2.18. The first kappa shape index (κ1) is 9.69. The van der Waals surface area contributed by atoms with Gasteiger partial charge in [-0.2, -0.15) is 0 Å². The fourth-order valence-corrected chi connectivity index (χ4v) is 5.19. The zero-order chi connectivity index (χ0) is 51.0. The molecular weight excluding hydrogens is 520 g/mol. The van der Waals surface area contributed by atoms with Crippen molar-refractivity contribution in [2.45, 2.75) is 0 Å². The van der Waals surface area contributed by atoms with Gasteiger partial charge in [-0.1, -0.05) is 151 Å². The van der Waals surface area contributed by atoms with Gasteiger partial charge in [-0.25, -0.2) is 0 Å². The number of benzene rings is 8. The van der Waals surface area contributed by atoms with Crippen molar-refractivity contribution in [1.29, 1.82) is 0 Å². The zero-order valence-corrected chi connectivity index (χ0v) is 21.4. The molecule has 0 aliphatic rings. The van der Waals surface area contributed by atoms with Crippen molar-refractivity contribution in [2.24, 2.45) is 0 Å². The molecule has 0 N–H and O–H groups in total. The summed E-state index contributed by atoms with van der Waals surface area (Å²) in [7, 11) is 0. The second-order valence-electron chi connectivity index (χ2n) is 9.26. The quantitative estimate of drug-likeness (QED) is 0.192. The second kappa shape index (κ2) is 9.44. The highest BCUT2D eigenvalue weighted by molar-refractivity contribution is 6.23. The average Bonchev–Trinajstić information content (AvgIpc) is 3.72. The molecule has 200 valence electrons. The fraction of sp³-hybridized carbons (Fsp3) is 0. The zero-order valence-electron chi connectivity index (χ0n) is 47.4. The van der Waals surface area contributed by atoms with Crippen molar-refractivity contribution in [1.82, 2.24) is 0 Å². The summed E-state index contributed by atoms with van der Waals surface area (Å²) in [6.45, 7) is 0. The summed E-state index contributed by atoms with van der Waals surface area (Å²) >= 11 is 0. The van der Waals surface area contributed by atoms with Gasteiger partial charge in [0.15, 0.2) is 0 Å². The smallest absolute Gasteiger partial charge is 0.143 e. The number of rotatable bonds is 3. The van der Waals surface area contributed by atoms with E-state index in [1.807, 2.05) is 0 Å². The van der Waals surface area contributed by atoms with Crippen LogP contribution in [-0.4, -0.2) is 0 Å². The van der Waals surface area contributed by atoms with Gasteiger partial charge in [-0.05, 0) is 66.2 Å². The molecule has 9 rings (SSSR count). The molecule has 43 heavy (non-hydrogen) atoms. The van der Waals surface area contributed by atoms with E-state index in [2.05, 4.69) is 0 Å². The van der Waals surface area contributed by atoms with Crippen LogP contribution < -0.4 is 0 Å². The van der Waals surface area contributed by atoms with E-state index in [4.69, 9.17) is 27.7 Å². The monoisotopic (exact) mass is 572 g/mol. The van der Waals surface area contributed by atoms with E-state index >= 15 is 0 Å². The predicted octanol–water partition coefficient (Wildman–Crippen LogP) is 12.0. The Hall–Kier alpha value is -5.66. The van der Waals surface area contributed by atoms with Crippen molar-refractivity contribution in [2.75, 3.05) is 0 Å². The molecule has 0 aliphatic carbocycles. The minimum atomic E-state index is -1.07. The van der Waals surface area contributed by atoms with Gasteiger partial charge in [0.1, 0.15) is 11.2 Å². The van der Waals surface area contributed by atoms with Crippen LogP contribution in [0.1, 0.15) is 35.6 Å². The third kappa shape index (κ3) is 3.65. The molecule has 1 heteroatoms. The maximum Gasteiger partial charge on any atom is 0.143 e. The average molecular weight is 573 g/mol. The summed E-state index contributed by atoms with van der Waals surface area (Å²) in [5, 5.41) is -4.92. The van der Waals surface area contributed by atoms with Gasteiger partial charge in [0, 0.05) is 16.3 Å². The topological polar surface area (TPSA) is 13.1 Å². The van der Waals surface area contributed by atoms with E-state index in [1.54, 1.807) is 0 Å². The molecule has 0 amide bonds. The van der Waals surface area contributed by atoms with Crippen LogP contribution in [0, 0.1) is 0 Å². The van der Waals surface area contributed by atoms with Gasteiger partial charge < -0.3 is 4.42 Å². The molecule has 1 heterocycles. The molecule has 0 saturated carbocycles. The van der Waals surface area contributed by atoms with Gasteiger partial charge in [0.2, 0.25) is 0 Å². The molecule has 0 fully saturated rings. The maximum absolute atomic E-state index is 9.54. The Balaban J connectivity index is 1.56. The summed E-state index contributed by atoms with van der Waals surface area (Å²) < 4.78 is 237. The van der Waals surface area contributed by atoms with Crippen LogP contribution >= 0.6 is 0 Å². The Bertz CT molecular complexity index is 3850. The SMILES string of the molecule is [2H]c1c([2H])c(-c2c3c([2H])c([2H])c([2H])c([2H])c3c(-c3c([2H])c([2H])c([2H])c4c([2H])c([2H])c([2H])c([2H])c34)c3c([2H])c([2H])c([2H])c([2H])c23)c([2H])c([2H])c1-c1c([2H])c([2H])c([2H])c2c1oc1c([2H])c([2H])c([2H])c([2H])c12. The molecule has 0 radical (unpaired) electrons. The molecule has 8 aromatic carbocycles. The molecule has 1 aromatic heterocycles. The fourth-order valence-electron chi connectivity index (χ4n) is 5.19. The van der Waals surface area contributed by atoms with E-state index in [0.717, 1.165) is 0 Å². The summed E-state index contributed by atoms with van der Waals surface area (Å²) in [6.07, 6.45) is 0. The molecule has 0 spiro atoms. The van der Waals surface area contributed by atoms with Gasteiger partial charge in [0.05, 0.1) is 35.6 Å². The molecule has 0 aliphatic heterocycles. The molecule has 1 nitrogen and oxygen atoms in total.